The first-order valence-electron chi connectivity index (χ1n) is 21.5. The van der Waals surface area contributed by atoms with E-state index in [2.05, 4.69) is 154 Å². The van der Waals surface area contributed by atoms with Gasteiger partial charge in [0.15, 0.2) is 33.6 Å². The highest BCUT2D eigenvalue weighted by Gasteiger charge is 2.26. The second-order valence-corrected chi connectivity index (χ2v) is 16.1. The van der Waals surface area contributed by atoms with Crippen molar-refractivity contribution in [2.45, 2.75) is 6.42 Å². The van der Waals surface area contributed by atoms with Crippen molar-refractivity contribution in [1.82, 2.24) is 54.4 Å². The SMILES string of the molecule is Clc1nc2nccnc2nc1-c1ccccn1.[C+]1=CC2=C(C=C1)c1cc3ccccc3cc1C2.c1ccc(-c2nc3nccnc3nc2-n2c3ccccc3c3cc4ccccc4cc32)nc1. The molecule has 0 amide bonds. The Bertz CT molecular complexity index is 3980. The Kier molecular flexibility index (Phi) is 9.94. The maximum atomic E-state index is 6.06. The minimum atomic E-state index is 0.275. The fraction of sp³-hybridized carbons (Fsp3) is 0.0182. The fourth-order valence-electron chi connectivity index (χ4n) is 8.71. The number of hydrogen-bond acceptors (Lipinski definition) is 10. The maximum absolute atomic E-state index is 6.06. The predicted molar refractivity (Wildman–Crippen MR) is 265 cm³/mol. The van der Waals surface area contributed by atoms with Crippen LogP contribution in [0.25, 0.3) is 100 Å². The Balaban J connectivity index is 0.000000116. The van der Waals surface area contributed by atoms with Gasteiger partial charge in [-0.15, -0.1) is 0 Å². The summed E-state index contributed by atoms with van der Waals surface area (Å²) in [5.41, 5.74) is 12.2. The van der Waals surface area contributed by atoms with Gasteiger partial charge in [0.25, 0.3) is 0 Å². The van der Waals surface area contributed by atoms with Gasteiger partial charge in [0.1, 0.15) is 23.5 Å². The van der Waals surface area contributed by atoms with Crippen molar-refractivity contribution in [3.8, 4) is 28.6 Å². The summed E-state index contributed by atoms with van der Waals surface area (Å²) in [6, 6.07) is 45.8. The van der Waals surface area contributed by atoms with E-state index in [1.165, 1.54) is 43.8 Å². The summed E-state index contributed by atoms with van der Waals surface area (Å²) in [6.07, 6.45) is 20.3. The van der Waals surface area contributed by atoms with E-state index >= 15 is 0 Å². The standard InChI is InChI=1S/C27H16N6.C17H11.C11H6ClN5/c1-2-8-18-16-23-20(15-17(18)7-1)19-9-3-4-11-22(19)33(23)27-24(21-10-5-6-12-28-21)31-25-26(32-27)30-14-13-29-25;1-2-6-13-11-17-15(9-12(13)5-1)10-14-7-3-4-8-16(14)17;12-9-8(7-3-1-2-4-13-7)16-10-11(17-9)15-6-5-14-10/h1-16H;1-2,4-9,11H,10H2;1-6H/q;+1;. The second kappa shape index (κ2) is 16.8. The van der Waals surface area contributed by atoms with Crippen LogP contribution in [0.5, 0.6) is 0 Å². The number of hydrogen-bond donors (Lipinski definition) is 0. The number of allylic oxidation sites excluding steroid dienone is 6. The summed E-state index contributed by atoms with van der Waals surface area (Å²) in [4.78, 5) is 44.0. The van der Waals surface area contributed by atoms with Gasteiger partial charge in [-0.3, -0.25) is 14.5 Å². The van der Waals surface area contributed by atoms with Crippen LogP contribution in [0, 0.1) is 6.08 Å². The summed E-state index contributed by atoms with van der Waals surface area (Å²) in [7, 11) is 0. The molecular weight excluding hydrogens is 850 g/mol. The highest BCUT2D eigenvalue weighted by Crippen LogP contribution is 2.39. The van der Waals surface area contributed by atoms with Gasteiger partial charge in [-0.05, 0) is 81.7 Å². The molecule has 0 saturated heterocycles. The molecule has 12 heteroatoms. The van der Waals surface area contributed by atoms with Crippen LogP contribution in [0.1, 0.15) is 11.1 Å². The zero-order valence-corrected chi connectivity index (χ0v) is 36.2. The first kappa shape index (κ1) is 39.6. The largest absolute Gasteiger partial charge is 0.292 e. The molecule has 0 atom stereocenters. The lowest BCUT2D eigenvalue weighted by Crippen LogP contribution is -2.05. The van der Waals surface area contributed by atoms with Crippen molar-refractivity contribution in [2.24, 2.45) is 0 Å². The molecule has 7 aromatic heterocycles. The lowest BCUT2D eigenvalue weighted by molar-refractivity contribution is 1.04. The third-order valence-electron chi connectivity index (χ3n) is 11.7. The highest BCUT2D eigenvalue weighted by atomic mass is 35.5. The summed E-state index contributed by atoms with van der Waals surface area (Å²) in [5, 5.41) is 7.63. The molecule has 2 aliphatic rings. The van der Waals surface area contributed by atoms with E-state index in [0.717, 1.165) is 33.9 Å². The van der Waals surface area contributed by atoms with E-state index in [0.29, 0.717) is 45.5 Å². The van der Waals surface area contributed by atoms with Crippen LogP contribution in [0.2, 0.25) is 5.15 Å². The Labute approximate surface area is 387 Å². The van der Waals surface area contributed by atoms with E-state index in [1.54, 1.807) is 37.2 Å². The van der Waals surface area contributed by atoms with Crippen LogP contribution in [-0.2, 0) is 6.42 Å². The molecular formula is C55H33ClN11+. The van der Waals surface area contributed by atoms with Gasteiger partial charge in [-0.1, -0.05) is 90.5 Å². The Morgan fingerprint density at radius 2 is 1.04 bits per heavy atom. The van der Waals surface area contributed by atoms with Crippen LogP contribution in [-0.4, -0.2) is 54.4 Å². The Morgan fingerprint density at radius 1 is 0.478 bits per heavy atom. The molecule has 0 unspecified atom stereocenters. The van der Waals surface area contributed by atoms with Gasteiger partial charge in [0.2, 0.25) is 0 Å². The molecule has 0 radical (unpaired) electrons. The summed E-state index contributed by atoms with van der Waals surface area (Å²) < 4.78 is 2.17. The average molecular weight is 883 g/mol. The molecule has 0 N–H and O–H groups in total. The molecule has 0 aliphatic heterocycles. The molecule has 0 bridgehead atoms. The number of rotatable bonds is 3. The molecule has 5 aromatic carbocycles. The third kappa shape index (κ3) is 7.36. The first-order chi connectivity index (χ1) is 33.1. The van der Waals surface area contributed by atoms with Crippen LogP contribution in [0.15, 0.2) is 194 Å². The van der Waals surface area contributed by atoms with E-state index in [-0.39, 0.29) is 5.15 Å². The molecule has 0 saturated carbocycles. The van der Waals surface area contributed by atoms with E-state index in [4.69, 9.17) is 21.6 Å². The molecule has 2 aliphatic carbocycles. The lowest BCUT2D eigenvalue weighted by atomic mass is 9.99. The molecule has 0 spiro atoms. The van der Waals surface area contributed by atoms with Crippen LogP contribution in [0.3, 0.4) is 0 Å². The first-order valence-corrected chi connectivity index (χ1v) is 21.9. The van der Waals surface area contributed by atoms with Gasteiger partial charge in [0, 0.05) is 66.0 Å². The highest BCUT2D eigenvalue weighted by molar-refractivity contribution is 6.32. The third-order valence-corrected chi connectivity index (χ3v) is 12.0. The zero-order chi connectivity index (χ0) is 44.7. The average Bonchev–Trinajstić information content (AvgIpc) is 3.92. The predicted octanol–water partition coefficient (Wildman–Crippen LogP) is 11.9. The summed E-state index contributed by atoms with van der Waals surface area (Å²) in [6.45, 7) is 0. The molecule has 67 heavy (non-hydrogen) atoms. The Morgan fingerprint density at radius 3 is 1.73 bits per heavy atom. The molecule has 314 valence electrons. The van der Waals surface area contributed by atoms with Gasteiger partial charge < -0.3 is 0 Å². The van der Waals surface area contributed by atoms with Crippen molar-refractivity contribution < 1.29 is 0 Å². The number of aromatic nitrogens is 11. The fourth-order valence-corrected chi connectivity index (χ4v) is 8.93. The number of para-hydroxylation sites is 1. The van der Waals surface area contributed by atoms with E-state index < -0.39 is 0 Å². The number of fused-ring (bicyclic) bond motifs is 9. The molecule has 12 aromatic rings. The van der Waals surface area contributed by atoms with Gasteiger partial charge in [-0.25, -0.2) is 39.9 Å². The number of pyridine rings is 2. The van der Waals surface area contributed by atoms with E-state index in [1.807, 2.05) is 48.5 Å². The molecule has 11 nitrogen and oxygen atoms in total. The van der Waals surface area contributed by atoms with Crippen molar-refractivity contribution in [2.75, 3.05) is 0 Å². The number of benzene rings is 5. The topological polar surface area (TPSA) is 134 Å². The maximum Gasteiger partial charge on any atom is 0.199 e. The Hall–Kier alpha value is -9.02. The normalized spacial score (nSPS) is 12.5. The lowest BCUT2D eigenvalue weighted by Gasteiger charge is -2.12. The van der Waals surface area contributed by atoms with Gasteiger partial charge in [-0.2, -0.15) is 0 Å². The van der Waals surface area contributed by atoms with Crippen LogP contribution in [0.4, 0.5) is 0 Å². The van der Waals surface area contributed by atoms with Gasteiger partial charge >= 0.3 is 0 Å². The minimum Gasteiger partial charge on any atom is -0.292 e. The van der Waals surface area contributed by atoms with Crippen molar-refractivity contribution >= 4 is 83.1 Å². The molecule has 0 fully saturated rings. The van der Waals surface area contributed by atoms with Crippen molar-refractivity contribution in [3.05, 3.63) is 217 Å². The van der Waals surface area contributed by atoms with Gasteiger partial charge in [0.05, 0.1) is 39.6 Å². The van der Waals surface area contributed by atoms with E-state index in [9.17, 15) is 0 Å². The zero-order valence-electron chi connectivity index (χ0n) is 35.4. The van der Waals surface area contributed by atoms with Crippen molar-refractivity contribution in [1.29, 1.82) is 0 Å². The van der Waals surface area contributed by atoms with Crippen LogP contribution < -0.4 is 0 Å². The van der Waals surface area contributed by atoms with Crippen molar-refractivity contribution in [3.63, 3.8) is 0 Å². The summed E-state index contributed by atoms with van der Waals surface area (Å²) >= 11 is 6.06. The monoisotopic (exact) mass is 882 g/mol. The molecule has 7 heterocycles. The smallest absolute Gasteiger partial charge is 0.199 e. The summed E-state index contributed by atoms with van der Waals surface area (Å²) in [5.74, 6) is 0.684. The minimum absolute atomic E-state index is 0.275. The number of halogens is 1. The second-order valence-electron chi connectivity index (χ2n) is 15.8. The number of nitrogens with zero attached hydrogens (tertiary/aromatic N) is 11. The quantitative estimate of drug-likeness (QED) is 0.158. The van der Waals surface area contributed by atoms with Crippen LogP contribution >= 0.6 is 11.6 Å². The molecule has 14 rings (SSSR count).